The van der Waals surface area contributed by atoms with Crippen LogP contribution in [0.5, 0.6) is 5.75 Å². The number of rotatable bonds is 5. The van der Waals surface area contributed by atoms with Gasteiger partial charge in [-0.3, -0.25) is 0 Å². The Kier molecular flexibility index (Phi) is 4.83. The molecule has 0 unspecified atom stereocenters. The molecule has 2 aromatic rings. The summed E-state index contributed by atoms with van der Waals surface area (Å²) in [6.45, 7) is 2.41. The first-order valence-electron chi connectivity index (χ1n) is 6.35. The summed E-state index contributed by atoms with van der Waals surface area (Å²) in [5.41, 5.74) is 1.88. The van der Waals surface area contributed by atoms with Crippen molar-refractivity contribution < 1.29 is 9.84 Å². The normalized spacial score (nSPS) is 12.2. The Balaban J connectivity index is 2.09. The smallest absolute Gasteiger partial charge is 0.125 e. The molecule has 0 aliphatic carbocycles. The van der Waals surface area contributed by atoms with Crippen LogP contribution in [0.15, 0.2) is 48.5 Å². The van der Waals surface area contributed by atoms with Gasteiger partial charge in [0.05, 0.1) is 6.10 Å². The van der Waals surface area contributed by atoms with Gasteiger partial charge in [0.1, 0.15) is 12.4 Å². The minimum Gasteiger partial charge on any atom is -0.489 e. The lowest BCUT2D eigenvalue weighted by Crippen LogP contribution is -2.02. The summed E-state index contributed by atoms with van der Waals surface area (Å²) in [6.07, 6.45) is 0.183. The molecule has 0 aromatic heterocycles. The van der Waals surface area contributed by atoms with Crippen LogP contribution in [0.25, 0.3) is 0 Å². The van der Waals surface area contributed by atoms with Crippen LogP contribution in [0, 0.1) is 0 Å². The van der Waals surface area contributed by atoms with Gasteiger partial charge >= 0.3 is 0 Å². The molecular formula is C16H17ClO2. The first kappa shape index (κ1) is 13.9. The van der Waals surface area contributed by atoms with E-state index in [2.05, 4.69) is 0 Å². The van der Waals surface area contributed by atoms with Crippen LogP contribution < -0.4 is 4.74 Å². The maximum atomic E-state index is 9.95. The van der Waals surface area contributed by atoms with Crippen LogP contribution in [0.4, 0.5) is 0 Å². The molecule has 3 heteroatoms. The van der Waals surface area contributed by atoms with Crippen molar-refractivity contribution >= 4 is 11.6 Å². The highest BCUT2D eigenvalue weighted by Crippen LogP contribution is 2.27. The zero-order chi connectivity index (χ0) is 13.7. The van der Waals surface area contributed by atoms with Crippen molar-refractivity contribution in [2.75, 3.05) is 0 Å². The van der Waals surface area contributed by atoms with Gasteiger partial charge in [-0.05, 0) is 30.2 Å². The van der Waals surface area contributed by atoms with Crippen molar-refractivity contribution in [3.05, 3.63) is 64.7 Å². The zero-order valence-electron chi connectivity index (χ0n) is 10.8. The molecule has 0 spiro atoms. The van der Waals surface area contributed by atoms with E-state index in [4.69, 9.17) is 16.3 Å². The Labute approximate surface area is 118 Å². The van der Waals surface area contributed by atoms with Gasteiger partial charge in [0, 0.05) is 10.6 Å². The number of para-hydroxylation sites is 1. The molecule has 1 atom stereocenters. The molecule has 100 valence electrons. The third-order valence-corrected chi connectivity index (χ3v) is 3.22. The van der Waals surface area contributed by atoms with Crippen molar-refractivity contribution in [1.29, 1.82) is 0 Å². The number of halogens is 1. The molecule has 1 N–H and O–H groups in total. The minimum absolute atomic E-state index is 0.463. The fourth-order valence-corrected chi connectivity index (χ4v) is 1.97. The maximum Gasteiger partial charge on any atom is 0.125 e. The van der Waals surface area contributed by atoms with Gasteiger partial charge in [-0.1, -0.05) is 48.9 Å². The van der Waals surface area contributed by atoms with E-state index in [0.717, 1.165) is 16.9 Å². The molecule has 0 aliphatic rings. The molecule has 2 nitrogen and oxygen atoms in total. The summed E-state index contributed by atoms with van der Waals surface area (Å²) in [5, 5.41) is 10.7. The molecule has 0 amide bonds. The summed E-state index contributed by atoms with van der Waals surface area (Å²) in [5.74, 6) is 0.729. The largest absolute Gasteiger partial charge is 0.489 e. The molecule has 0 radical (unpaired) electrons. The van der Waals surface area contributed by atoms with E-state index in [1.807, 2.05) is 55.5 Å². The zero-order valence-corrected chi connectivity index (χ0v) is 11.6. The molecule has 2 rings (SSSR count). The molecule has 0 saturated heterocycles. The molecule has 0 fully saturated rings. The van der Waals surface area contributed by atoms with E-state index in [1.165, 1.54) is 0 Å². The Hall–Kier alpha value is -1.51. The lowest BCUT2D eigenvalue weighted by Gasteiger charge is -2.15. The van der Waals surface area contributed by atoms with Gasteiger partial charge < -0.3 is 9.84 Å². The second-order valence-electron chi connectivity index (χ2n) is 4.38. The van der Waals surface area contributed by atoms with Crippen LogP contribution in [0.2, 0.25) is 5.02 Å². The van der Waals surface area contributed by atoms with E-state index < -0.39 is 6.10 Å². The van der Waals surface area contributed by atoms with Gasteiger partial charge in [0.15, 0.2) is 0 Å². The van der Waals surface area contributed by atoms with Crippen LogP contribution in [-0.4, -0.2) is 5.11 Å². The SMILES string of the molecule is CC[C@@H](O)c1ccccc1OCc1ccc(Cl)cc1. The summed E-state index contributed by atoms with van der Waals surface area (Å²) in [6, 6.07) is 15.1. The molecule has 19 heavy (non-hydrogen) atoms. The number of hydrogen-bond acceptors (Lipinski definition) is 2. The molecule has 0 saturated carbocycles. The van der Waals surface area contributed by atoms with E-state index >= 15 is 0 Å². The number of benzene rings is 2. The first-order valence-corrected chi connectivity index (χ1v) is 6.72. The van der Waals surface area contributed by atoms with Gasteiger partial charge in [-0.15, -0.1) is 0 Å². The Morgan fingerprint density at radius 1 is 1.11 bits per heavy atom. The predicted molar refractivity (Wildman–Crippen MR) is 77.5 cm³/mol. The number of aliphatic hydroxyl groups excluding tert-OH is 1. The highest BCUT2D eigenvalue weighted by atomic mass is 35.5. The Morgan fingerprint density at radius 3 is 2.47 bits per heavy atom. The Morgan fingerprint density at radius 2 is 1.79 bits per heavy atom. The number of ether oxygens (including phenoxy) is 1. The van der Waals surface area contributed by atoms with Gasteiger partial charge in [0.2, 0.25) is 0 Å². The summed E-state index contributed by atoms with van der Waals surface area (Å²) >= 11 is 5.84. The molecule has 0 heterocycles. The van der Waals surface area contributed by atoms with Crippen molar-refractivity contribution in [1.82, 2.24) is 0 Å². The van der Waals surface area contributed by atoms with Gasteiger partial charge in [-0.25, -0.2) is 0 Å². The second-order valence-corrected chi connectivity index (χ2v) is 4.81. The predicted octanol–water partition coefficient (Wildman–Crippen LogP) is 4.36. The highest BCUT2D eigenvalue weighted by Gasteiger charge is 2.10. The second kappa shape index (κ2) is 6.60. The number of aliphatic hydroxyl groups is 1. The molecule has 0 bridgehead atoms. The van der Waals surface area contributed by atoms with Crippen LogP contribution in [0.1, 0.15) is 30.6 Å². The first-order chi connectivity index (χ1) is 9.20. The average Bonchev–Trinajstić information content (AvgIpc) is 2.46. The Bertz CT molecular complexity index is 523. The third-order valence-electron chi connectivity index (χ3n) is 2.97. The summed E-state index contributed by atoms with van der Waals surface area (Å²) in [4.78, 5) is 0. The monoisotopic (exact) mass is 276 g/mol. The van der Waals surface area contributed by atoms with Crippen molar-refractivity contribution in [3.8, 4) is 5.75 Å². The summed E-state index contributed by atoms with van der Waals surface area (Å²) in [7, 11) is 0. The highest BCUT2D eigenvalue weighted by molar-refractivity contribution is 6.30. The lowest BCUT2D eigenvalue weighted by atomic mass is 10.1. The van der Waals surface area contributed by atoms with E-state index in [0.29, 0.717) is 18.1 Å². The van der Waals surface area contributed by atoms with E-state index in [9.17, 15) is 5.11 Å². The minimum atomic E-state index is -0.485. The van der Waals surface area contributed by atoms with Crippen LogP contribution in [0.3, 0.4) is 0 Å². The molecule has 0 aliphatic heterocycles. The molecular weight excluding hydrogens is 260 g/mol. The fraction of sp³-hybridized carbons (Fsp3) is 0.250. The average molecular weight is 277 g/mol. The van der Waals surface area contributed by atoms with Crippen molar-refractivity contribution in [2.45, 2.75) is 26.1 Å². The topological polar surface area (TPSA) is 29.5 Å². The van der Waals surface area contributed by atoms with Gasteiger partial charge in [0.25, 0.3) is 0 Å². The lowest BCUT2D eigenvalue weighted by molar-refractivity contribution is 0.166. The van der Waals surface area contributed by atoms with Crippen molar-refractivity contribution in [3.63, 3.8) is 0 Å². The standard InChI is InChI=1S/C16H17ClO2/c1-2-15(18)14-5-3-4-6-16(14)19-11-12-7-9-13(17)10-8-12/h3-10,15,18H,2,11H2,1H3/t15-/m1/s1. The quantitative estimate of drug-likeness (QED) is 0.879. The fourth-order valence-electron chi connectivity index (χ4n) is 1.85. The van der Waals surface area contributed by atoms with E-state index in [-0.39, 0.29) is 0 Å². The van der Waals surface area contributed by atoms with E-state index in [1.54, 1.807) is 0 Å². The maximum absolute atomic E-state index is 9.95. The van der Waals surface area contributed by atoms with Crippen LogP contribution in [-0.2, 0) is 6.61 Å². The van der Waals surface area contributed by atoms with Gasteiger partial charge in [-0.2, -0.15) is 0 Å². The van der Waals surface area contributed by atoms with Crippen molar-refractivity contribution in [2.24, 2.45) is 0 Å². The number of hydrogen-bond donors (Lipinski definition) is 1. The molecule has 2 aromatic carbocycles. The summed E-state index contributed by atoms with van der Waals surface area (Å²) < 4.78 is 5.78. The van der Waals surface area contributed by atoms with Crippen LogP contribution >= 0.6 is 11.6 Å². The third kappa shape index (κ3) is 3.72.